The first-order valence-electron chi connectivity index (χ1n) is 8.03. The second-order valence-corrected chi connectivity index (χ2v) is 6.69. The van der Waals surface area contributed by atoms with Crippen molar-refractivity contribution >= 4 is 5.82 Å². The maximum Gasteiger partial charge on any atom is 0.142 e. The van der Waals surface area contributed by atoms with E-state index >= 15 is 0 Å². The third kappa shape index (κ3) is 1.91. The first-order chi connectivity index (χ1) is 11.0. The second kappa shape index (κ2) is 4.84. The van der Waals surface area contributed by atoms with Gasteiger partial charge in [-0.1, -0.05) is 0 Å². The van der Waals surface area contributed by atoms with Crippen LogP contribution in [0, 0.1) is 25.2 Å². The molecule has 5 heteroatoms. The molecule has 2 aromatic heterocycles. The van der Waals surface area contributed by atoms with Crippen LogP contribution in [-0.2, 0) is 6.42 Å². The van der Waals surface area contributed by atoms with Crippen molar-refractivity contribution in [3.8, 4) is 17.4 Å². The lowest BCUT2D eigenvalue weighted by Gasteiger charge is -2.34. The summed E-state index contributed by atoms with van der Waals surface area (Å²) in [5.74, 6) is 1.93. The van der Waals surface area contributed by atoms with E-state index in [2.05, 4.69) is 23.0 Å². The van der Waals surface area contributed by atoms with Crippen molar-refractivity contribution in [2.75, 3.05) is 12.8 Å². The molecule has 2 N–H and O–H groups in total. The lowest BCUT2D eigenvalue weighted by molar-refractivity contribution is 0.222. The van der Waals surface area contributed by atoms with Gasteiger partial charge < -0.3 is 10.2 Å². The molecule has 0 amide bonds. The highest BCUT2D eigenvalue weighted by molar-refractivity contribution is 5.77. The topological polar surface area (TPSA) is 79.1 Å². The van der Waals surface area contributed by atoms with Crippen molar-refractivity contribution in [2.45, 2.75) is 45.2 Å². The maximum atomic E-state index is 9.65. The minimum Gasteiger partial charge on any atom is -0.461 e. The number of nitrogens with zero attached hydrogens (tertiary/aromatic N) is 3. The quantitative estimate of drug-likeness (QED) is 0.875. The van der Waals surface area contributed by atoms with Gasteiger partial charge >= 0.3 is 0 Å². The van der Waals surface area contributed by atoms with Gasteiger partial charge in [-0.3, -0.25) is 4.90 Å². The highest BCUT2D eigenvalue weighted by atomic mass is 16.3. The summed E-state index contributed by atoms with van der Waals surface area (Å²) < 4.78 is 5.95. The van der Waals surface area contributed by atoms with Gasteiger partial charge in [0.25, 0.3) is 0 Å². The maximum absolute atomic E-state index is 9.65. The number of aryl methyl sites for hydroxylation is 2. The number of nitrogen functional groups attached to an aromatic ring is 1. The zero-order valence-electron chi connectivity index (χ0n) is 13.7. The average Bonchev–Trinajstić information content (AvgIpc) is 2.95. The van der Waals surface area contributed by atoms with Gasteiger partial charge in [-0.2, -0.15) is 5.26 Å². The van der Waals surface area contributed by atoms with Crippen molar-refractivity contribution in [2.24, 2.45) is 0 Å². The van der Waals surface area contributed by atoms with Gasteiger partial charge in [0.1, 0.15) is 29.0 Å². The molecule has 1 fully saturated rings. The minimum absolute atomic E-state index is 0.296. The van der Waals surface area contributed by atoms with E-state index in [1.165, 1.54) is 0 Å². The number of fused-ring (bicyclic) bond motifs is 4. The van der Waals surface area contributed by atoms with Crippen LogP contribution in [-0.4, -0.2) is 23.0 Å². The first-order valence-corrected chi connectivity index (χ1v) is 8.03. The van der Waals surface area contributed by atoms with Crippen LogP contribution in [0.25, 0.3) is 11.3 Å². The standard InChI is InChI=1S/C18H20N4O/c1-9-6-15(23-10(9)2)16-12(8-19)18(20)21-13-7-11-4-5-14(17(13)16)22(11)3/h6,11,14H,4-5,7H2,1-3H3,(H2,20,21)/t11-,14+/m0/s1. The van der Waals surface area contributed by atoms with Gasteiger partial charge in [0.05, 0.1) is 0 Å². The number of nitriles is 1. The number of nitrogens with two attached hydrogens (primary N) is 1. The van der Waals surface area contributed by atoms with E-state index in [9.17, 15) is 5.26 Å². The molecule has 2 bridgehead atoms. The van der Waals surface area contributed by atoms with E-state index in [-0.39, 0.29) is 0 Å². The van der Waals surface area contributed by atoms with E-state index in [0.717, 1.165) is 53.2 Å². The number of furan rings is 1. The Morgan fingerprint density at radius 3 is 2.83 bits per heavy atom. The Bertz CT molecular complexity index is 826. The molecule has 1 saturated heterocycles. The summed E-state index contributed by atoms with van der Waals surface area (Å²) in [7, 11) is 2.16. The molecule has 4 rings (SSSR count). The van der Waals surface area contributed by atoms with Crippen LogP contribution in [0.5, 0.6) is 0 Å². The summed E-state index contributed by atoms with van der Waals surface area (Å²) in [5, 5.41) is 9.65. The van der Waals surface area contributed by atoms with Gasteiger partial charge in [0.15, 0.2) is 0 Å². The van der Waals surface area contributed by atoms with Crippen molar-refractivity contribution in [1.82, 2.24) is 9.88 Å². The van der Waals surface area contributed by atoms with Gasteiger partial charge in [0.2, 0.25) is 0 Å². The first kappa shape index (κ1) is 14.3. The predicted molar refractivity (Wildman–Crippen MR) is 87.8 cm³/mol. The SMILES string of the molecule is Cc1cc(-c2c(C#N)c(N)nc3c2[C@H]2CC[C@@H](C3)N2C)oc1C. The Labute approximate surface area is 135 Å². The minimum atomic E-state index is 0.296. The molecule has 0 unspecified atom stereocenters. The molecule has 2 atom stereocenters. The molecule has 0 aromatic carbocycles. The molecule has 118 valence electrons. The molecule has 5 nitrogen and oxygen atoms in total. The zero-order chi connectivity index (χ0) is 16.3. The van der Waals surface area contributed by atoms with Gasteiger partial charge in [0, 0.05) is 35.3 Å². The predicted octanol–water partition coefficient (Wildman–Crippen LogP) is 3.10. The number of pyridine rings is 1. The molecule has 23 heavy (non-hydrogen) atoms. The van der Waals surface area contributed by atoms with Crippen molar-refractivity contribution in [3.05, 3.63) is 34.2 Å². The summed E-state index contributed by atoms with van der Waals surface area (Å²) >= 11 is 0. The largest absolute Gasteiger partial charge is 0.461 e. The highest BCUT2D eigenvalue weighted by Crippen LogP contribution is 2.48. The fourth-order valence-electron chi connectivity index (χ4n) is 4.08. The Kier molecular flexibility index (Phi) is 3.00. The van der Waals surface area contributed by atoms with Crippen molar-refractivity contribution in [1.29, 1.82) is 5.26 Å². The average molecular weight is 308 g/mol. The fraction of sp³-hybridized carbons (Fsp3) is 0.444. The summed E-state index contributed by atoms with van der Waals surface area (Å²) in [5.41, 5.74) is 10.6. The van der Waals surface area contributed by atoms with Gasteiger partial charge in [-0.05, 0) is 45.4 Å². The molecule has 2 aliphatic rings. The molecule has 2 aromatic rings. The van der Waals surface area contributed by atoms with Crippen LogP contribution in [0.4, 0.5) is 5.82 Å². The molecule has 0 spiro atoms. The van der Waals surface area contributed by atoms with Crippen LogP contribution in [0.1, 0.15) is 47.0 Å². The van der Waals surface area contributed by atoms with Gasteiger partial charge in [-0.15, -0.1) is 0 Å². The Balaban J connectivity index is 2.04. The van der Waals surface area contributed by atoms with Crippen molar-refractivity contribution in [3.63, 3.8) is 0 Å². The number of rotatable bonds is 1. The van der Waals surface area contributed by atoms with Crippen LogP contribution in [0.3, 0.4) is 0 Å². The summed E-state index contributed by atoms with van der Waals surface area (Å²) in [6.45, 7) is 3.96. The van der Waals surface area contributed by atoms with Crippen LogP contribution < -0.4 is 5.73 Å². The molecular weight excluding hydrogens is 288 g/mol. The van der Waals surface area contributed by atoms with E-state index in [1.54, 1.807) is 0 Å². The van der Waals surface area contributed by atoms with Crippen molar-refractivity contribution < 1.29 is 4.42 Å². The van der Waals surface area contributed by atoms with E-state index in [4.69, 9.17) is 10.2 Å². The highest BCUT2D eigenvalue weighted by Gasteiger charge is 2.41. The third-order valence-corrected chi connectivity index (χ3v) is 5.47. The lowest BCUT2D eigenvalue weighted by atomic mass is 9.89. The summed E-state index contributed by atoms with van der Waals surface area (Å²) in [6.07, 6.45) is 3.15. The van der Waals surface area contributed by atoms with Crippen LogP contribution in [0.15, 0.2) is 10.5 Å². The molecule has 2 aliphatic heterocycles. The number of anilines is 1. The van der Waals surface area contributed by atoms with Crippen LogP contribution >= 0.6 is 0 Å². The number of hydrogen-bond acceptors (Lipinski definition) is 5. The molecule has 0 aliphatic carbocycles. The number of hydrogen-bond donors (Lipinski definition) is 1. The Hall–Kier alpha value is -2.32. The zero-order valence-corrected chi connectivity index (χ0v) is 13.7. The Morgan fingerprint density at radius 2 is 2.17 bits per heavy atom. The third-order valence-electron chi connectivity index (χ3n) is 5.47. The number of likely N-dealkylation sites (N-methyl/N-ethyl adjacent to an activating group) is 1. The lowest BCUT2D eigenvalue weighted by Crippen LogP contribution is -2.35. The molecule has 0 saturated carbocycles. The Morgan fingerprint density at radius 1 is 1.39 bits per heavy atom. The van der Waals surface area contributed by atoms with E-state index in [1.807, 2.05) is 19.9 Å². The fourth-order valence-corrected chi connectivity index (χ4v) is 4.08. The number of aromatic nitrogens is 1. The summed E-state index contributed by atoms with van der Waals surface area (Å²) in [4.78, 5) is 6.97. The monoisotopic (exact) mass is 308 g/mol. The normalized spacial score (nSPS) is 22.9. The van der Waals surface area contributed by atoms with E-state index in [0.29, 0.717) is 23.5 Å². The summed E-state index contributed by atoms with van der Waals surface area (Å²) in [6, 6.07) is 5.08. The smallest absolute Gasteiger partial charge is 0.142 e. The second-order valence-electron chi connectivity index (χ2n) is 6.69. The van der Waals surface area contributed by atoms with Gasteiger partial charge in [-0.25, -0.2) is 4.98 Å². The molecule has 0 radical (unpaired) electrons. The van der Waals surface area contributed by atoms with Crippen LogP contribution in [0.2, 0.25) is 0 Å². The molecular formula is C18H20N4O. The molecule has 4 heterocycles. The van der Waals surface area contributed by atoms with E-state index < -0.39 is 0 Å².